The Labute approximate surface area is 448 Å². The molecule has 0 aliphatic carbocycles. The number of aliphatic hydroxyl groups excluding tert-OH is 4. The second-order valence-electron chi connectivity index (χ2n) is 21.6. The number of hydrogen-bond donors (Lipinski definition) is 6. The number of nitrogens with one attached hydrogen (secondary N) is 1. The number of carbonyl (C=O) groups is 1. The normalized spacial score (nSPS) is 19.4. The number of ether oxygens (including phenoxy) is 2. The number of carbonyl (C=O) groups excluding carboxylic acids is 1. The van der Waals surface area contributed by atoms with Crippen molar-refractivity contribution in [1.29, 1.82) is 0 Å². The molecule has 1 aliphatic rings. The maximum atomic E-state index is 13.1. The van der Waals surface area contributed by atoms with E-state index in [1.807, 2.05) is 6.08 Å². The third-order valence-electron chi connectivity index (χ3n) is 14.7. The van der Waals surface area contributed by atoms with Crippen LogP contribution in [0.5, 0.6) is 0 Å². The van der Waals surface area contributed by atoms with E-state index in [0.29, 0.717) is 6.42 Å². The molecule has 432 valence electrons. The van der Waals surface area contributed by atoms with Crippen molar-refractivity contribution in [3.8, 4) is 0 Å². The molecule has 1 aliphatic heterocycles. The number of aliphatic hydroxyl groups is 4. The lowest BCUT2D eigenvalue weighted by atomic mass is 9.99. The fourth-order valence-corrected chi connectivity index (χ4v) is 10.5. The van der Waals surface area contributed by atoms with Crippen LogP contribution in [-0.2, 0) is 28.9 Å². The van der Waals surface area contributed by atoms with Crippen LogP contribution in [0.2, 0.25) is 0 Å². The fourth-order valence-electron chi connectivity index (χ4n) is 9.98. The van der Waals surface area contributed by atoms with Gasteiger partial charge in [-0.15, -0.1) is 0 Å². The fraction of sp³-hybridized carbons (Fsp3) is 0.917. The largest absolute Gasteiger partial charge is 0.397 e. The number of allylic oxidation sites excluding steroid dienone is 3. The Morgan fingerprint density at radius 1 is 0.534 bits per heavy atom. The van der Waals surface area contributed by atoms with Gasteiger partial charge in [0.25, 0.3) is 0 Å². The summed E-state index contributed by atoms with van der Waals surface area (Å²) in [7, 11) is -5.09. The first-order chi connectivity index (χ1) is 35.5. The van der Waals surface area contributed by atoms with Crippen molar-refractivity contribution in [3.63, 3.8) is 0 Å². The standard InChI is InChI=1S/C60H115NO11S/c1-3-5-7-9-11-13-15-17-19-21-22-23-24-25-26-27-28-29-30-31-32-34-36-38-40-42-44-46-48-50-56(64)61-53(52-70-60-58(66)59(72-73(67,68)69)57(65)55(51-62)71-60)54(63)49-47-45-43-41-39-37-35-33-20-18-16-14-12-10-8-6-4-2/h25-26,47,49,53-55,57-60,62-63,65-66H,3-24,27-46,48,50-52H2,1-2H3,(H,61,64)(H,67,68,69)/b26-25-,49-47+. The van der Waals surface area contributed by atoms with E-state index >= 15 is 0 Å². The van der Waals surface area contributed by atoms with Crippen molar-refractivity contribution in [1.82, 2.24) is 5.32 Å². The Morgan fingerprint density at radius 3 is 1.23 bits per heavy atom. The van der Waals surface area contributed by atoms with Gasteiger partial charge < -0.3 is 35.2 Å². The highest BCUT2D eigenvalue weighted by molar-refractivity contribution is 7.80. The number of amides is 1. The van der Waals surface area contributed by atoms with Crippen molar-refractivity contribution in [2.24, 2.45) is 0 Å². The van der Waals surface area contributed by atoms with Crippen molar-refractivity contribution in [2.45, 2.75) is 339 Å². The topological polar surface area (TPSA) is 192 Å². The van der Waals surface area contributed by atoms with Crippen LogP contribution in [0.4, 0.5) is 0 Å². The molecule has 0 radical (unpaired) electrons. The summed E-state index contributed by atoms with van der Waals surface area (Å²) in [6.07, 6.45) is 53.8. The third-order valence-corrected chi connectivity index (χ3v) is 15.2. The van der Waals surface area contributed by atoms with Gasteiger partial charge in [-0.2, -0.15) is 8.42 Å². The molecule has 0 aromatic carbocycles. The SMILES string of the molecule is CCCCCCCCCCCCCC/C=C\CCCCCCCCCCCCCCCC(=O)NC(COC1OC(CO)C(O)C(OS(=O)(=O)O)C1O)C(O)/C=C/CCCCCCCCCCCCCCCCC. The van der Waals surface area contributed by atoms with Crippen LogP contribution in [0.3, 0.4) is 0 Å². The molecule has 73 heavy (non-hydrogen) atoms. The lowest BCUT2D eigenvalue weighted by Crippen LogP contribution is -2.61. The molecule has 0 saturated carbocycles. The number of hydrogen-bond acceptors (Lipinski definition) is 10. The van der Waals surface area contributed by atoms with Gasteiger partial charge in [0.15, 0.2) is 6.29 Å². The Balaban J connectivity index is 2.29. The van der Waals surface area contributed by atoms with E-state index in [9.17, 15) is 38.2 Å². The summed E-state index contributed by atoms with van der Waals surface area (Å²) >= 11 is 0. The Morgan fingerprint density at radius 2 is 0.877 bits per heavy atom. The van der Waals surface area contributed by atoms with Gasteiger partial charge in [-0.05, 0) is 44.9 Å². The van der Waals surface area contributed by atoms with E-state index in [1.165, 1.54) is 231 Å². The highest BCUT2D eigenvalue weighted by Crippen LogP contribution is 2.26. The molecule has 0 aromatic rings. The number of rotatable bonds is 54. The summed E-state index contributed by atoms with van der Waals surface area (Å²) in [5, 5.41) is 45.0. The molecule has 1 fully saturated rings. The maximum absolute atomic E-state index is 13.1. The van der Waals surface area contributed by atoms with Crippen LogP contribution in [0, 0.1) is 0 Å². The molecule has 0 aromatic heterocycles. The smallest absolute Gasteiger partial charge is 0.394 e. The van der Waals surface area contributed by atoms with E-state index in [0.717, 1.165) is 38.5 Å². The van der Waals surface area contributed by atoms with Gasteiger partial charge in [0.1, 0.15) is 24.4 Å². The van der Waals surface area contributed by atoms with Crippen LogP contribution in [0.15, 0.2) is 24.3 Å². The molecule has 13 heteroatoms. The third kappa shape index (κ3) is 42.3. The summed E-state index contributed by atoms with van der Waals surface area (Å²) < 4.78 is 47.9. The lowest BCUT2D eigenvalue weighted by Gasteiger charge is -2.41. The molecule has 1 heterocycles. The summed E-state index contributed by atoms with van der Waals surface area (Å²) in [4.78, 5) is 13.1. The molecular weight excluding hydrogens is 943 g/mol. The van der Waals surface area contributed by atoms with Crippen LogP contribution in [0.1, 0.15) is 296 Å². The molecule has 12 nitrogen and oxygen atoms in total. The van der Waals surface area contributed by atoms with Gasteiger partial charge in [0, 0.05) is 6.42 Å². The number of unbranched alkanes of at least 4 members (excludes halogenated alkanes) is 40. The Hall–Kier alpha value is -1.42. The van der Waals surface area contributed by atoms with E-state index in [4.69, 9.17) is 9.47 Å². The second-order valence-corrected chi connectivity index (χ2v) is 22.7. The molecule has 0 spiro atoms. The van der Waals surface area contributed by atoms with E-state index in [2.05, 4.69) is 35.5 Å². The predicted molar refractivity (Wildman–Crippen MR) is 301 cm³/mol. The minimum Gasteiger partial charge on any atom is -0.394 e. The van der Waals surface area contributed by atoms with Gasteiger partial charge in [-0.25, -0.2) is 4.18 Å². The molecule has 1 saturated heterocycles. The van der Waals surface area contributed by atoms with Crippen LogP contribution >= 0.6 is 0 Å². The van der Waals surface area contributed by atoms with Gasteiger partial charge in [0.2, 0.25) is 5.91 Å². The monoisotopic (exact) mass is 1060 g/mol. The maximum Gasteiger partial charge on any atom is 0.397 e. The zero-order valence-corrected chi connectivity index (χ0v) is 47.8. The average Bonchev–Trinajstić information content (AvgIpc) is 3.37. The van der Waals surface area contributed by atoms with Crippen molar-refractivity contribution in [2.75, 3.05) is 13.2 Å². The molecule has 1 amide bonds. The van der Waals surface area contributed by atoms with Crippen LogP contribution in [-0.4, -0.2) is 95.4 Å². The molecule has 6 N–H and O–H groups in total. The molecule has 7 unspecified atom stereocenters. The van der Waals surface area contributed by atoms with Gasteiger partial charge in [0.05, 0.1) is 25.4 Å². The highest BCUT2D eigenvalue weighted by Gasteiger charge is 2.48. The average molecular weight is 1060 g/mol. The zero-order valence-electron chi connectivity index (χ0n) is 47.0. The zero-order chi connectivity index (χ0) is 53.3. The quantitative estimate of drug-likeness (QED) is 0.0193. The second kappa shape index (κ2) is 50.1. The minimum absolute atomic E-state index is 0.258. The van der Waals surface area contributed by atoms with Crippen LogP contribution < -0.4 is 5.32 Å². The van der Waals surface area contributed by atoms with Crippen molar-refractivity contribution >= 4 is 16.3 Å². The predicted octanol–water partition coefficient (Wildman–Crippen LogP) is 14.8. The van der Waals surface area contributed by atoms with Gasteiger partial charge in [-0.1, -0.05) is 269 Å². The molecule has 7 atom stereocenters. The van der Waals surface area contributed by atoms with Gasteiger partial charge >= 0.3 is 10.4 Å². The van der Waals surface area contributed by atoms with Crippen molar-refractivity contribution < 1.29 is 51.8 Å². The first-order valence-electron chi connectivity index (χ1n) is 30.7. The van der Waals surface area contributed by atoms with E-state index in [1.54, 1.807) is 6.08 Å². The van der Waals surface area contributed by atoms with Crippen molar-refractivity contribution in [3.05, 3.63) is 24.3 Å². The summed E-state index contributed by atoms with van der Waals surface area (Å²) in [6, 6.07) is -0.943. The Bertz CT molecular complexity index is 1380. The van der Waals surface area contributed by atoms with Gasteiger partial charge in [-0.3, -0.25) is 9.35 Å². The summed E-state index contributed by atoms with van der Waals surface area (Å²) in [5.41, 5.74) is 0. The Kier molecular flexibility index (Phi) is 47.8. The summed E-state index contributed by atoms with van der Waals surface area (Å²) in [6.45, 7) is 3.44. The summed E-state index contributed by atoms with van der Waals surface area (Å²) in [5.74, 6) is -0.258. The van der Waals surface area contributed by atoms with Crippen LogP contribution in [0.25, 0.3) is 0 Å². The highest BCUT2D eigenvalue weighted by atomic mass is 32.3. The lowest BCUT2D eigenvalue weighted by molar-refractivity contribution is -0.298. The minimum atomic E-state index is -5.09. The molecular formula is C60H115NO11S. The first-order valence-corrected chi connectivity index (χ1v) is 32.1. The first kappa shape index (κ1) is 69.6. The molecule has 1 rings (SSSR count). The molecule has 0 bridgehead atoms. The van der Waals surface area contributed by atoms with E-state index < -0.39 is 59.9 Å². The van der Waals surface area contributed by atoms with E-state index in [-0.39, 0.29) is 18.9 Å².